The molecular formula is C13H19BrN4O. The average molecular weight is 327 g/mol. The first kappa shape index (κ1) is 14.2. The minimum absolute atomic E-state index is 0.137. The van der Waals surface area contributed by atoms with Crippen LogP contribution in [-0.2, 0) is 4.79 Å². The van der Waals surface area contributed by atoms with Gasteiger partial charge in [-0.3, -0.25) is 4.79 Å². The summed E-state index contributed by atoms with van der Waals surface area (Å²) in [5.41, 5.74) is 0. The van der Waals surface area contributed by atoms with E-state index >= 15 is 0 Å². The third-order valence-electron chi connectivity index (χ3n) is 3.11. The molecule has 0 radical (unpaired) electrons. The van der Waals surface area contributed by atoms with Crippen molar-refractivity contribution in [1.82, 2.24) is 14.9 Å². The van der Waals surface area contributed by atoms with Gasteiger partial charge in [0.25, 0.3) is 0 Å². The highest BCUT2D eigenvalue weighted by atomic mass is 79.9. The van der Waals surface area contributed by atoms with Crippen LogP contribution in [0.25, 0.3) is 0 Å². The van der Waals surface area contributed by atoms with Gasteiger partial charge in [-0.1, -0.05) is 13.8 Å². The summed E-state index contributed by atoms with van der Waals surface area (Å²) in [6.07, 6.45) is 2.23. The van der Waals surface area contributed by atoms with Crippen molar-refractivity contribution in [3.8, 4) is 0 Å². The summed E-state index contributed by atoms with van der Waals surface area (Å²) in [5.74, 6) is 1.86. The highest BCUT2D eigenvalue weighted by molar-refractivity contribution is 9.10. The minimum atomic E-state index is 0.137. The highest BCUT2D eigenvalue weighted by Gasteiger charge is 2.17. The largest absolute Gasteiger partial charge is 0.361 e. The van der Waals surface area contributed by atoms with Gasteiger partial charge in [-0.05, 0) is 28.8 Å². The Bertz CT molecular complexity index is 458. The van der Waals surface area contributed by atoms with Gasteiger partial charge in [0.05, 0.1) is 6.54 Å². The molecule has 1 amide bonds. The normalized spacial score (nSPS) is 15.1. The van der Waals surface area contributed by atoms with Crippen LogP contribution in [0.3, 0.4) is 0 Å². The molecular weight excluding hydrogens is 308 g/mol. The lowest BCUT2D eigenvalue weighted by atomic mass is 10.2. The number of anilines is 1. The first-order valence-corrected chi connectivity index (χ1v) is 7.41. The summed E-state index contributed by atoms with van der Waals surface area (Å²) in [7, 11) is 0. The van der Waals surface area contributed by atoms with Crippen molar-refractivity contribution in [2.24, 2.45) is 0 Å². The quantitative estimate of drug-likeness (QED) is 0.863. The van der Waals surface area contributed by atoms with Gasteiger partial charge in [-0.2, -0.15) is 0 Å². The third kappa shape index (κ3) is 3.89. The Morgan fingerprint density at radius 2 is 2.11 bits per heavy atom. The van der Waals surface area contributed by atoms with E-state index in [1.165, 1.54) is 0 Å². The van der Waals surface area contributed by atoms with Gasteiger partial charge in [0.2, 0.25) is 5.91 Å². The van der Waals surface area contributed by atoms with Gasteiger partial charge in [-0.15, -0.1) is 0 Å². The molecule has 0 atom stereocenters. The Balaban J connectivity index is 1.97. The number of hydrogen-bond donors (Lipinski definition) is 1. The number of hydrogen-bond acceptors (Lipinski definition) is 4. The van der Waals surface area contributed by atoms with Crippen molar-refractivity contribution in [3.05, 3.63) is 16.5 Å². The van der Waals surface area contributed by atoms with Crippen LogP contribution in [0.15, 0.2) is 10.7 Å². The summed E-state index contributed by atoms with van der Waals surface area (Å²) >= 11 is 3.37. The van der Waals surface area contributed by atoms with Crippen molar-refractivity contribution in [2.45, 2.75) is 32.6 Å². The van der Waals surface area contributed by atoms with E-state index in [0.29, 0.717) is 12.4 Å². The molecule has 1 aliphatic heterocycles. The van der Waals surface area contributed by atoms with Gasteiger partial charge < -0.3 is 10.2 Å². The summed E-state index contributed by atoms with van der Waals surface area (Å²) in [6, 6.07) is 1.79. The van der Waals surface area contributed by atoms with E-state index in [1.807, 2.05) is 18.7 Å². The molecule has 1 aromatic heterocycles. The third-order valence-corrected chi connectivity index (χ3v) is 3.51. The molecule has 0 spiro atoms. The molecule has 0 saturated carbocycles. The molecule has 1 fully saturated rings. The van der Waals surface area contributed by atoms with Crippen LogP contribution < -0.4 is 5.32 Å². The lowest BCUT2D eigenvalue weighted by Gasteiger charge is -2.16. The molecule has 19 heavy (non-hydrogen) atoms. The van der Waals surface area contributed by atoms with Crippen LogP contribution in [0.4, 0.5) is 5.82 Å². The molecule has 1 saturated heterocycles. The average Bonchev–Trinajstić information content (AvgIpc) is 2.89. The molecule has 1 aromatic rings. The van der Waals surface area contributed by atoms with Crippen molar-refractivity contribution in [3.63, 3.8) is 0 Å². The molecule has 104 valence electrons. The van der Waals surface area contributed by atoms with Crippen LogP contribution in [0, 0.1) is 0 Å². The Morgan fingerprint density at radius 3 is 2.74 bits per heavy atom. The molecule has 0 bridgehead atoms. The second-order valence-electron chi connectivity index (χ2n) is 5.03. The zero-order chi connectivity index (χ0) is 13.8. The lowest BCUT2D eigenvalue weighted by Crippen LogP contribution is -2.33. The van der Waals surface area contributed by atoms with Crippen molar-refractivity contribution >= 4 is 27.7 Å². The number of halogens is 1. The second-order valence-corrected chi connectivity index (χ2v) is 5.84. The summed E-state index contributed by atoms with van der Waals surface area (Å²) in [6.45, 7) is 6.14. The van der Waals surface area contributed by atoms with Gasteiger partial charge in [0, 0.05) is 25.1 Å². The second kappa shape index (κ2) is 6.32. The predicted octanol–water partition coefficient (Wildman–Crippen LogP) is 2.40. The summed E-state index contributed by atoms with van der Waals surface area (Å²) < 4.78 is 0.738. The molecule has 1 N–H and O–H groups in total. The first-order chi connectivity index (χ1) is 9.06. The predicted molar refractivity (Wildman–Crippen MR) is 78.1 cm³/mol. The maximum absolute atomic E-state index is 11.9. The fourth-order valence-corrected chi connectivity index (χ4v) is 2.43. The Labute approximate surface area is 121 Å². The Morgan fingerprint density at radius 1 is 1.42 bits per heavy atom. The number of rotatable bonds is 4. The molecule has 0 unspecified atom stereocenters. The van der Waals surface area contributed by atoms with E-state index in [-0.39, 0.29) is 11.8 Å². The van der Waals surface area contributed by atoms with Crippen molar-refractivity contribution in [2.75, 3.05) is 25.0 Å². The number of amides is 1. The van der Waals surface area contributed by atoms with Crippen LogP contribution >= 0.6 is 15.9 Å². The van der Waals surface area contributed by atoms with Gasteiger partial charge in [0.15, 0.2) is 0 Å². The van der Waals surface area contributed by atoms with Crippen LogP contribution in [0.2, 0.25) is 0 Å². The Hall–Kier alpha value is -1.17. The Kier molecular flexibility index (Phi) is 4.74. The molecule has 1 aliphatic rings. The highest BCUT2D eigenvalue weighted by Crippen LogP contribution is 2.17. The van der Waals surface area contributed by atoms with Gasteiger partial charge in [-0.25, -0.2) is 9.97 Å². The lowest BCUT2D eigenvalue weighted by molar-refractivity contribution is -0.128. The molecule has 0 aromatic carbocycles. The summed E-state index contributed by atoms with van der Waals surface area (Å²) in [4.78, 5) is 22.5. The van der Waals surface area contributed by atoms with E-state index < -0.39 is 0 Å². The number of nitrogens with zero attached hydrogens (tertiary/aromatic N) is 3. The van der Waals surface area contributed by atoms with E-state index in [0.717, 1.165) is 36.4 Å². The van der Waals surface area contributed by atoms with Crippen LogP contribution in [0.5, 0.6) is 0 Å². The maximum Gasteiger partial charge on any atom is 0.241 e. The molecule has 0 aliphatic carbocycles. The number of nitrogens with one attached hydrogen (secondary N) is 1. The number of carbonyl (C=O) groups is 1. The van der Waals surface area contributed by atoms with E-state index in [9.17, 15) is 4.79 Å². The fraction of sp³-hybridized carbons (Fsp3) is 0.615. The SMILES string of the molecule is CC(C)c1nc(Br)cc(NCC(=O)N2CCCC2)n1. The van der Waals surface area contributed by atoms with Crippen molar-refractivity contribution in [1.29, 1.82) is 0 Å². The first-order valence-electron chi connectivity index (χ1n) is 6.62. The van der Waals surface area contributed by atoms with E-state index in [1.54, 1.807) is 6.07 Å². The number of carbonyl (C=O) groups excluding carboxylic acids is 1. The zero-order valence-electron chi connectivity index (χ0n) is 11.3. The number of aromatic nitrogens is 2. The molecule has 6 heteroatoms. The molecule has 5 nitrogen and oxygen atoms in total. The molecule has 2 rings (SSSR count). The zero-order valence-corrected chi connectivity index (χ0v) is 12.9. The van der Waals surface area contributed by atoms with Crippen molar-refractivity contribution < 1.29 is 4.79 Å². The van der Waals surface area contributed by atoms with Crippen LogP contribution in [0.1, 0.15) is 38.4 Å². The molecule has 2 heterocycles. The summed E-state index contributed by atoms with van der Waals surface area (Å²) in [5, 5.41) is 3.09. The maximum atomic E-state index is 11.9. The number of likely N-dealkylation sites (tertiary alicyclic amines) is 1. The fourth-order valence-electron chi connectivity index (χ4n) is 2.03. The van der Waals surface area contributed by atoms with Crippen LogP contribution in [-0.4, -0.2) is 40.4 Å². The van der Waals surface area contributed by atoms with Gasteiger partial charge >= 0.3 is 0 Å². The van der Waals surface area contributed by atoms with E-state index in [2.05, 4.69) is 31.2 Å². The monoisotopic (exact) mass is 326 g/mol. The standard InChI is InChI=1S/C13H19BrN4O/c1-9(2)13-16-10(14)7-11(17-13)15-8-12(19)18-5-3-4-6-18/h7,9H,3-6,8H2,1-2H3,(H,15,16,17). The van der Waals surface area contributed by atoms with E-state index in [4.69, 9.17) is 0 Å². The minimum Gasteiger partial charge on any atom is -0.361 e. The van der Waals surface area contributed by atoms with Gasteiger partial charge in [0.1, 0.15) is 16.2 Å². The topological polar surface area (TPSA) is 58.1 Å². The smallest absolute Gasteiger partial charge is 0.241 e.